The Kier molecular flexibility index (Phi) is 4.21. The van der Waals surface area contributed by atoms with Crippen molar-refractivity contribution < 1.29 is 4.74 Å². The van der Waals surface area contributed by atoms with Crippen LogP contribution in [-0.4, -0.2) is 6.10 Å². The summed E-state index contributed by atoms with van der Waals surface area (Å²) in [5.74, 6) is 0.884. The molecule has 3 rings (SSSR count). The lowest BCUT2D eigenvalue weighted by Crippen LogP contribution is -2.06. The molecule has 0 spiro atoms. The van der Waals surface area contributed by atoms with Crippen molar-refractivity contribution in [3.63, 3.8) is 0 Å². The highest BCUT2D eigenvalue weighted by Gasteiger charge is 2.16. The topological polar surface area (TPSA) is 9.23 Å². The van der Waals surface area contributed by atoms with Gasteiger partial charge in [-0.15, -0.1) is 11.6 Å². The smallest absolute Gasteiger partial charge is 0.120 e. The fourth-order valence-electron chi connectivity index (χ4n) is 2.96. The minimum absolute atomic E-state index is 0.119. The van der Waals surface area contributed by atoms with E-state index in [1.54, 1.807) is 0 Å². The predicted octanol–water partition coefficient (Wildman–Crippen LogP) is 5.29. The molecule has 2 aromatic rings. The van der Waals surface area contributed by atoms with Crippen LogP contribution in [-0.2, 0) is 12.8 Å². The monoisotopic (exact) mass is 300 g/mol. The number of benzene rings is 2. The Balaban J connectivity index is 1.86. The molecule has 0 N–H and O–H groups in total. The standard InChI is InChI=1S/C19H21ClO/c1-13(2)21-18-8-4-7-16(12-18)19(20)17-10-9-14-5-3-6-15(14)11-17/h4,7-13,19H,3,5-6H2,1-2H3. The molecule has 0 radical (unpaired) electrons. The number of ether oxygens (including phenoxy) is 1. The van der Waals surface area contributed by atoms with E-state index in [-0.39, 0.29) is 11.5 Å². The van der Waals surface area contributed by atoms with Crippen molar-refractivity contribution in [3.05, 3.63) is 64.7 Å². The summed E-state index contributed by atoms with van der Waals surface area (Å²) in [6.45, 7) is 4.07. The van der Waals surface area contributed by atoms with Crippen molar-refractivity contribution in [2.75, 3.05) is 0 Å². The third-order valence-corrected chi connectivity index (χ3v) is 4.44. The van der Waals surface area contributed by atoms with E-state index in [9.17, 15) is 0 Å². The maximum Gasteiger partial charge on any atom is 0.120 e. The fraction of sp³-hybridized carbons (Fsp3) is 0.368. The van der Waals surface area contributed by atoms with Gasteiger partial charge in [-0.05, 0) is 67.5 Å². The molecule has 0 heterocycles. The molecule has 0 saturated carbocycles. The van der Waals surface area contributed by atoms with Crippen LogP contribution >= 0.6 is 11.6 Å². The van der Waals surface area contributed by atoms with Crippen LogP contribution in [0.2, 0.25) is 0 Å². The van der Waals surface area contributed by atoms with Crippen molar-refractivity contribution in [2.45, 2.75) is 44.6 Å². The van der Waals surface area contributed by atoms with Gasteiger partial charge >= 0.3 is 0 Å². The van der Waals surface area contributed by atoms with Crippen LogP contribution < -0.4 is 4.74 Å². The second-order valence-corrected chi connectivity index (χ2v) is 6.42. The highest BCUT2D eigenvalue weighted by atomic mass is 35.5. The molecular formula is C19H21ClO. The Morgan fingerprint density at radius 3 is 2.52 bits per heavy atom. The van der Waals surface area contributed by atoms with Gasteiger partial charge in [0.15, 0.2) is 0 Å². The average Bonchev–Trinajstić information content (AvgIpc) is 2.93. The number of hydrogen-bond acceptors (Lipinski definition) is 1. The molecule has 110 valence electrons. The van der Waals surface area contributed by atoms with Gasteiger partial charge in [0.2, 0.25) is 0 Å². The van der Waals surface area contributed by atoms with Crippen LogP contribution in [0.25, 0.3) is 0 Å². The molecule has 0 saturated heterocycles. The zero-order valence-electron chi connectivity index (χ0n) is 12.6. The van der Waals surface area contributed by atoms with Gasteiger partial charge in [0.25, 0.3) is 0 Å². The molecule has 1 nitrogen and oxygen atoms in total. The van der Waals surface area contributed by atoms with Gasteiger partial charge in [0.05, 0.1) is 11.5 Å². The van der Waals surface area contributed by atoms with Crippen LogP contribution in [0.1, 0.15) is 47.9 Å². The number of rotatable bonds is 4. The first-order chi connectivity index (χ1) is 10.1. The Morgan fingerprint density at radius 1 is 0.952 bits per heavy atom. The first-order valence-electron chi connectivity index (χ1n) is 7.66. The summed E-state index contributed by atoms with van der Waals surface area (Å²) >= 11 is 6.69. The van der Waals surface area contributed by atoms with Crippen molar-refractivity contribution in [1.29, 1.82) is 0 Å². The molecular weight excluding hydrogens is 280 g/mol. The molecule has 1 atom stereocenters. The molecule has 0 amide bonds. The Labute approximate surface area is 131 Å². The van der Waals surface area contributed by atoms with Crippen molar-refractivity contribution >= 4 is 11.6 Å². The van der Waals surface area contributed by atoms with Gasteiger partial charge in [-0.25, -0.2) is 0 Å². The van der Waals surface area contributed by atoms with E-state index in [2.05, 4.69) is 24.3 Å². The Bertz CT molecular complexity index is 633. The SMILES string of the molecule is CC(C)Oc1cccc(C(Cl)c2ccc3c(c2)CCC3)c1. The van der Waals surface area contributed by atoms with Gasteiger partial charge in [0.1, 0.15) is 5.75 Å². The van der Waals surface area contributed by atoms with Crippen LogP contribution in [0, 0.1) is 0 Å². The lowest BCUT2D eigenvalue weighted by Gasteiger charge is -2.15. The summed E-state index contributed by atoms with van der Waals surface area (Å²) in [4.78, 5) is 0. The summed E-state index contributed by atoms with van der Waals surface area (Å²) in [5.41, 5.74) is 5.22. The normalized spacial score (nSPS) is 15.0. The van der Waals surface area contributed by atoms with Crippen LogP contribution in [0.5, 0.6) is 5.75 Å². The maximum atomic E-state index is 6.69. The van der Waals surface area contributed by atoms with Gasteiger partial charge in [-0.3, -0.25) is 0 Å². The summed E-state index contributed by atoms with van der Waals surface area (Å²) in [6.07, 6.45) is 3.83. The van der Waals surface area contributed by atoms with E-state index in [4.69, 9.17) is 16.3 Å². The Morgan fingerprint density at radius 2 is 1.71 bits per heavy atom. The molecule has 0 bridgehead atoms. The predicted molar refractivity (Wildman–Crippen MR) is 88.4 cm³/mol. The minimum atomic E-state index is -0.119. The highest BCUT2D eigenvalue weighted by molar-refractivity contribution is 6.22. The second-order valence-electron chi connectivity index (χ2n) is 5.98. The van der Waals surface area contributed by atoms with Crippen molar-refractivity contribution in [2.24, 2.45) is 0 Å². The van der Waals surface area contributed by atoms with Gasteiger partial charge in [-0.1, -0.05) is 30.3 Å². The summed E-state index contributed by atoms with van der Waals surface area (Å²) in [6, 6.07) is 14.8. The largest absolute Gasteiger partial charge is 0.491 e. The van der Waals surface area contributed by atoms with E-state index in [1.807, 2.05) is 32.0 Å². The average molecular weight is 301 g/mol. The molecule has 0 fully saturated rings. The van der Waals surface area contributed by atoms with E-state index in [0.717, 1.165) is 11.3 Å². The molecule has 21 heavy (non-hydrogen) atoms. The summed E-state index contributed by atoms with van der Waals surface area (Å²) < 4.78 is 5.76. The first-order valence-corrected chi connectivity index (χ1v) is 8.09. The minimum Gasteiger partial charge on any atom is -0.491 e. The molecule has 0 aliphatic heterocycles. The van der Waals surface area contributed by atoms with E-state index >= 15 is 0 Å². The number of hydrogen-bond donors (Lipinski definition) is 0. The van der Waals surface area contributed by atoms with Crippen LogP contribution in [0.3, 0.4) is 0 Å². The molecule has 0 aromatic heterocycles. The van der Waals surface area contributed by atoms with Crippen LogP contribution in [0.15, 0.2) is 42.5 Å². The Hall–Kier alpha value is -1.47. The van der Waals surface area contributed by atoms with Gasteiger partial charge < -0.3 is 4.74 Å². The molecule has 2 aromatic carbocycles. The second kappa shape index (κ2) is 6.11. The number of aryl methyl sites for hydroxylation is 2. The van der Waals surface area contributed by atoms with Gasteiger partial charge in [-0.2, -0.15) is 0 Å². The van der Waals surface area contributed by atoms with Crippen LogP contribution in [0.4, 0.5) is 0 Å². The number of alkyl halides is 1. The number of halogens is 1. The number of fused-ring (bicyclic) bond motifs is 1. The third kappa shape index (κ3) is 3.24. The lowest BCUT2D eigenvalue weighted by atomic mass is 10.00. The summed E-state index contributed by atoms with van der Waals surface area (Å²) in [7, 11) is 0. The van der Waals surface area contributed by atoms with E-state index in [1.165, 1.54) is 36.0 Å². The lowest BCUT2D eigenvalue weighted by molar-refractivity contribution is 0.242. The molecule has 2 heteroatoms. The highest BCUT2D eigenvalue weighted by Crippen LogP contribution is 2.33. The quantitative estimate of drug-likeness (QED) is 0.697. The fourth-order valence-corrected chi connectivity index (χ4v) is 3.23. The molecule has 1 unspecified atom stereocenters. The third-order valence-electron chi connectivity index (χ3n) is 3.94. The molecule has 1 aliphatic rings. The summed E-state index contributed by atoms with van der Waals surface area (Å²) in [5, 5.41) is -0.119. The zero-order chi connectivity index (χ0) is 14.8. The van der Waals surface area contributed by atoms with E-state index < -0.39 is 0 Å². The molecule has 1 aliphatic carbocycles. The van der Waals surface area contributed by atoms with Crippen molar-refractivity contribution in [3.8, 4) is 5.75 Å². The van der Waals surface area contributed by atoms with E-state index in [0.29, 0.717) is 0 Å². The zero-order valence-corrected chi connectivity index (χ0v) is 13.4. The maximum absolute atomic E-state index is 6.69. The first kappa shape index (κ1) is 14.5. The van der Waals surface area contributed by atoms with Gasteiger partial charge in [0, 0.05) is 0 Å². The van der Waals surface area contributed by atoms with Crippen molar-refractivity contribution in [1.82, 2.24) is 0 Å².